The normalized spacial score (nSPS) is 12.5. The third kappa shape index (κ3) is 4.77. The zero-order chi connectivity index (χ0) is 23.7. The van der Waals surface area contributed by atoms with Crippen LogP contribution < -0.4 is 5.32 Å². The van der Waals surface area contributed by atoms with Crippen LogP contribution in [-0.2, 0) is 20.0 Å². The van der Waals surface area contributed by atoms with Gasteiger partial charge < -0.3 is 10.4 Å². The summed E-state index contributed by atoms with van der Waals surface area (Å²) in [6.45, 7) is 6.49. The van der Waals surface area contributed by atoms with E-state index in [1.54, 1.807) is 16.8 Å². The standard InChI is InChI=1S/C25H27BrFN5O/c1-5-20-21-24(28-13-15-6-9-17(27)10-7-15)29-23(30-25(21)32(4)31-20)16-8-11-19(26)18(12-16)22(33)14(2)3/h6-12,14,22,33H,5,13H2,1-4H3,(H,28,29,30). The number of hydrogen-bond acceptors (Lipinski definition) is 5. The topological polar surface area (TPSA) is 75.9 Å². The van der Waals surface area contributed by atoms with E-state index < -0.39 is 6.10 Å². The summed E-state index contributed by atoms with van der Waals surface area (Å²) in [6.07, 6.45) is 0.136. The minimum absolute atomic E-state index is 0.0667. The van der Waals surface area contributed by atoms with Crippen LogP contribution in [0.1, 0.15) is 43.7 Å². The minimum atomic E-state index is -0.609. The molecule has 0 saturated heterocycles. The van der Waals surface area contributed by atoms with E-state index in [9.17, 15) is 9.50 Å². The fourth-order valence-corrected chi connectivity index (χ4v) is 4.27. The first kappa shape index (κ1) is 23.3. The molecule has 1 unspecified atom stereocenters. The third-order valence-electron chi connectivity index (χ3n) is 5.67. The molecule has 1 atom stereocenters. The third-order valence-corrected chi connectivity index (χ3v) is 6.39. The summed E-state index contributed by atoms with van der Waals surface area (Å²) in [5.74, 6) is 1.02. The molecule has 2 heterocycles. The number of aryl methyl sites for hydroxylation is 2. The van der Waals surface area contributed by atoms with Crippen molar-refractivity contribution in [2.75, 3.05) is 5.32 Å². The fourth-order valence-electron chi connectivity index (χ4n) is 3.79. The van der Waals surface area contributed by atoms with E-state index in [0.717, 1.165) is 44.3 Å². The Morgan fingerprint density at radius 2 is 1.85 bits per heavy atom. The van der Waals surface area contributed by atoms with Gasteiger partial charge in [0.2, 0.25) is 0 Å². The van der Waals surface area contributed by atoms with Crippen LogP contribution >= 0.6 is 15.9 Å². The lowest BCUT2D eigenvalue weighted by molar-refractivity contribution is 0.126. The molecule has 0 saturated carbocycles. The highest BCUT2D eigenvalue weighted by molar-refractivity contribution is 9.10. The number of aliphatic hydroxyl groups excluding tert-OH is 1. The van der Waals surface area contributed by atoms with Gasteiger partial charge in [-0.05, 0) is 47.7 Å². The second-order valence-corrected chi connectivity index (χ2v) is 9.28. The molecule has 33 heavy (non-hydrogen) atoms. The number of hydrogen-bond donors (Lipinski definition) is 2. The van der Waals surface area contributed by atoms with Crippen LogP contribution in [0.3, 0.4) is 0 Å². The summed E-state index contributed by atoms with van der Waals surface area (Å²) < 4.78 is 15.9. The number of nitrogens with one attached hydrogen (secondary N) is 1. The van der Waals surface area contributed by atoms with Crippen molar-refractivity contribution < 1.29 is 9.50 Å². The molecular formula is C25H27BrFN5O. The van der Waals surface area contributed by atoms with Crippen LogP contribution in [0.4, 0.5) is 10.2 Å². The quantitative estimate of drug-likeness (QED) is 0.328. The molecule has 0 aliphatic carbocycles. The zero-order valence-electron chi connectivity index (χ0n) is 19.1. The van der Waals surface area contributed by atoms with Gasteiger partial charge in [0.05, 0.1) is 17.2 Å². The number of benzene rings is 2. The number of aliphatic hydroxyl groups is 1. The van der Waals surface area contributed by atoms with E-state index in [1.807, 2.05) is 46.0 Å². The van der Waals surface area contributed by atoms with E-state index in [2.05, 4.69) is 26.3 Å². The van der Waals surface area contributed by atoms with Gasteiger partial charge in [0.25, 0.3) is 0 Å². The maximum absolute atomic E-state index is 13.3. The zero-order valence-corrected chi connectivity index (χ0v) is 20.7. The van der Waals surface area contributed by atoms with Gasteiger partial charge >= 0.3 is 0 Å². The monoisotopic (exact) mass is 511 g/mol. The SMILES string of the molecule is CCc1nn(C)c2nc(-c3ccc(Br)c(C(O)C(C)C)c3)nc(NCc3ccc(F)cc3)c12. The Morgan fingerprint density at radius 3 is 2.52 bits per heavy atom. The summed E-state index contributed by atoms with van der Waals surface area (Å²) >= 11 is 3.55. The lowest BCUT2D eigenvalue weighted by atomic mass is 9.97. The summed E-state index contributed by atoms with van der Waals surface area (Å²) in [4.78, 5) is 9.67. The van der Waals surface area contributed by atoms with Gasteiger partial charge in [0.15, 0.2) is 11.5 Å². The van der Waals surface area contributed by atoms with Crippen molar-refractivity contribution in [2.45, 2.75) is 39.8 Å². The van der Waals surface area contributed by atoms with Crippen LogP contribution in [0.5, 0.6) is 0 Å². The number of anilines is 1. The molecule has 0 spiro atoms. The first-order valence-corrected chi connectivity index (χ1v) is 11.8. The minimum Gasteiger partial charge on any atom is -0.388 e. The van der Waals surface area contributed by atoms with E-state index in [-0.39, 0.29) is 11.7 Å². The lowest BCUT2D eigenvalue weighted by Crippen LogP contribution is -2.07. The Kier molecular flexibility index (Phi) is 6.76. The summed E-state index contributed by atoms with van der Waals surface area (Å²) in [6, 6.07) is 12.2. The van der Waals surface area contributed by atoms with Crippen molar-refractivity contribution in [1.29, 1.82) is 0 Å². The molecule has 2 aromatic carbocycles. The second-order valence-electron chi connectivity index (χ2n) is 8.42. The average Bonchev–Trinajstić information content (AvgIpc) is 3.14. The van der Waals surface area contributed by atoms with E-state index >= 15 is 0 Å². The maximum Gasteiger partial charge on any atom is 0.164 e. The molecule has 0 radical (unpaired) electrons. The van der Waals surface area contributed by atoms with Crippen molar-refractivity contribution in [3.8, 4) is 11.4 Å². The van der Waals surface area contributed by atoms with E-state index in [4.69, 9.17) is 9.97 Å². The Balaban J connectivity index is 1.81. The molecule has 0 bridgehead atoms. The molecule has 2 N–H and O–H groups in total. The molecular weight excluding hydrogens is 485 g/mol. The molecule has 4 aromatic rings. The second kappa shape index (κ2) is 9.57. The maximum atomic E-state index is 13.3. The van der Waals surface area contributed by atoms with Gasteiger partial charge in [-0.15, -0.1) is 0 Å². The first-order chi connectivity index (χ1) is 15.8. The van der Waals surface area contributed by atoms with Crippen LogP contribution in [0.2, 0.25) is 0 Å². The van der Waals surface area contributed by atoms with Gasteiger partial charge in [0, 0.05) is 23.6 Å². The molecule has 4 rings (SSSR count). The molecule has 0 amide bonds. The Bertz CT molecular complexity index is 1290. The number of rotatable bonds is 7. The van der Waals surface area contributed by atoms with E-state index in [1.165, 1.54) is 12.1 Å². The smallest absolute Gasteiger partial charge is 0.164 e. The first-order valence-electron chi connectivity index (χ1n) is 11.0. The molecule has 172 valence electrons. The molecule has 0 aliphatic rings. The molecule has 2 aromatic heterocycles. The highest BCUT2D eigenvalue weighted by Crippen LogP contribution is 2.33. The van der Waals surface area contributed by atoms with Crippen LogP contribution in [0.25, 0.3) is 22.4 Å². The van der Waals surface area contributed by atoms with Crippen molar-refractivity contribution in [3.05, 3.63) is 69.6 Å². The van der Waals surface area contributed by atoms with Crippen molar-refractivity contribution >= 4 is 32.8 Å². The largest absolute Gasteiger partial charge is 0.388 e. The number of aromatic nitrogens is 4. The summed E-state index contributed by atoms with van der Waals surface area (Å²) in [5.41, 5.74) is 4.18. The van der Waals surface area contributed by atoms with E-state index in [0.29, 0.717) is 18.2 Å². The summed E-state index contributed by atoms with van der Waals surface area (Å²) in [5, 5.41) is 19.6. The highest BCUT2D eigenvalue weighted by atomic mass is 79.9. The molecule has 0 aliphatic heterocycles. The van der Waals surface area contributed by atoms with Crippen molar-refractivity contribution in [3.63, 3.8) is 0 Å². The van der Waals surface area contributed by atoms with Gasteiger partial charge in [-0.2, -0.15) is 5.10 Å². The predicted octanol–water partition coefficient (Wildman–Crippen LogP) is 5.80. The van der Waals surface area contributed by atoms with Crippen LogP contribution in [0.15, 0.2) is 46.9 Å². The Labute approximate surface area is 201 Å². The van der Waals surface area contributed by atoms with Gasteiger partial charge in [-0.3, -0.25) is 0 Å². The van der Waals surface area contributed by atoms with Gasteiger partial charge in [-0.1, -0.05) is 54.9 Å². The number of fused-ring (bicyclic) bond motifs is 1. The van der Waals surface area contributed by atoms with Gasteiger partial charge in [0.1, 0.15) is 11.6 Å². The molecule has 0 fully saturated rings. The van der Waals surface area contributed by atoms with Crippen LogP contribution in [-0.4, -0.2) is 24.9 Å². The number of nitrogens with zero attached hydrogens (tertiary/aromatic N) is 4. The summed E-state index contributed by atoms with van der Waals surface area (Å²) in [7, 11) is 1.87. The predicted molar refractivity (Wildman–Crippen MR) is 132 cm³/mol. The number of halogens is 2. The van der Waals surface area contributed by atoms with Gasteiger partial charge in [-0.25, -0.2) is 19.0 Å². The highest BCUT2D eigenvalue weighted by Gasteiger charge is 2.20. The molecule has 6 nitrogen and oxygen atoms in total. The average molecular weight is 512 g/mol. The lowest BCUT2D eigenvalue weighted by Gasteiger charge is -2.17. The molecule has 8 heteroatoms. The van der Waals surface area contributed by atoms with Crippen molar-refractivity contribution in [1.82, 2.24) is 19.7 Å². The Morgan fingerprint density at radius 1 is 1.12 bits per heavy atom. The van der Waals surface area contributed by atoms with Crippen molar-refractivity contribution in [2.24, 2.45) is 13.0 Å². The fraction of sp³-hybridized carbons (Fsp3) is 0.320. The van der Waals surface area contributed by atoms with Crippen LogP contribution in [0, 0.1) is 11.7 Å². The Hall–Kier alpha value is -2.84.